The summed E-state index contributed by atoms with van der Waals surface area (Å²) in [5.41, 5.74) is 2.26. The number of rotatable bonds is 3. The van der Waals surface area contributed by atoms with Gasteiger partial charge in [-0.2, -0.15) is 5.26 Å². The van der Waals surface area contributed by atoms with Gasteiger partial charge in [0.1, 0.15) is 0 Å². The second kappa shape index (κ2) is 5.19. The molecule has 0 atom stereocenters. The third kappa shape index (κ3) is 2.98. The summed E-state index contributed by atoms with van der Waals surface area (Å²) in [6.07, 6.45) is 4.17. The van der Waals surface area contributed by atoms with E-state index in [4.69, 9.17) is 5.26 Å². The number of nitrogens with one attached hydrogen (secondary N) is 1. The Labute approximate surface area is 105 Å². The number of aryl methyl sites for hydroxylation is 1. The van der Waals surface area contributed by atoms with Crippen molar-refractivity contribution < 1.29 is 4.79 Å². The van der Waals surface area contributed by atoms with Gasteiger partial charge in [0.15, 0.2) is 0 Å². The van der Waals surface area contributed by atoms with Crippen molar-refractivity contribution in [3.8, 4) is 6.07 Å². The summed E-state index contributed by atoms with van der Waals surface area (Å²) >= 11 is 0. The summed E-state index contributed by atoms with van der Waals surface area (Å²) in [4.78, 5) is 11.8. The largest absolute Gasteiger partial charge is 0.357 e. The number of carbonyl (C=O) groups excluding carboxylic acids is 1. The van der Waals surface area contributed by atoms with Crippen molar-refractivity contribution in [2.75, 3.05) is 5.32 Å². The molecule has 0 spiro atoms. The Morgan fingerprint density at radius 1 is 1.33 bits per heavy atom. The molecular weight excluding hydrogens is 226 g/mol. The molecule has 1 aromatic carbocycles. The first-order chi connectivity index (χ1) is 8.67. The molecule has 0 radical (unpaired) electrons. The summed E-state index contributed by atoms with van der Waals surface area (Å²) in [6, 6.07) is 10.8. The van der Waals surface area contributed by atoms with E-state index in [0.29, 0.717) is 17.7 Å². The predicted molar refractivity (Wildman–Crippen MR) is 68.9 cm³/mol. The van der Waals surface area contributed by atoms with Crippen LogP contribution in [0.2, 0.25) is 0 Å². The Balaban J connectivity index is 1.96. The first-order valence-electron chi connectivity index (χ1n) is 5.58. The number of carbonyl (C=O) groups is 1. The van der Waals surface area contributed by atoms with Gasteiger partial charge < -0.3 is 9.88 Å². The fraction of sp³-hybridized carbons (Fsp3) is 0.143. The molecular formula is C14H13N3O. The van der Waals surface area contributed by atoms with Gasteiger partial charge in [-0.1, -0.05) is 0 Å². The lowest BCUT2D eigenvalue weighted by Gasteiger charge is -2.04. The van der Waals surface area contributed by atoms with E-state index in [2.05, 4.69) is 5.32 Å². The van der Waals surface area contributed by atoms with Crippen LogP contribution in [0.5, 0.6) is 0 Å². The molecule has 0 fully saturated rings. The van der Waals surface area contributed by atoms with Crippen molar-refractivity contribution in [3.63, 3.8) is 0 Å². The van der Waals surface area contributed by atoms with E-state index in [1.807, 2.05) is 36.1 Å². The van der Waals surface area contributed by atoms with Crippen molar-refractivity contribution in [2.24, 2.45) is 7.05 Å². The normalized spacial score (nSPS) is 9.78. The topological polar surface area (TPSA) is 57.8 Å². The van der Waals surface area contributed by atoms with E-state index in [-0.39, 0.29) is 5.91 Å². The standard InChI is InChI=1S/C14H13N3O/c1-17-7-6-12(10-17)8-14(18)16-13-4-2-11(9-15)3-5-13/h2-7,10H,8H2,1H3,(H,16,18). The van der Waals surface area contributed by atoms with Crippen LogP contribution >= 0.6 is 0 Å². The van der Waals surface area contributed by atoms with Crippen LogP contribution in [0.3, 0.4) is 0 Å². The maximum absolute atomic E-state index is 11.8. The van der Waals surface area contributed by atoms with Crippen LogP contribution in [0.4, 0.5) is 5.69 Å². The number of nitrogens with zero attached hydrogens (tertiary/aromatic N) is 2. The van der Waals surface area contributed by atoms with Crippen LogP contribution in [-0.4, -0.2) is 10.5 Å². The molecule has 1 aromatic heterocycles. The van der Waals surface area contributed by atoms with E-state index < -0.39 is 0 Å². The molecule has 1 N–H and O–H groups in total. The van der Waals surface area contributed by atoms with E-state index in [1.54, 1.807) is 24.3 Å². The van der Waals surface area contributed by atoms with Gasteiger partial charge in [0.05, 0.1) is 18.1 Å². The average molecular weight is 239 g/mol. The van der Waals surface area contributed by atoms with Crippen molar-refractivity contribution in [1.29, 1.82) is 5.26 Å². The van der Waals surface area contributed by atoms with Crippen molar-refractivity contribution in [3.05, 3.63) is 53.9 Å². The van der Waals surface area contributed by atoms with E-state index in [9.17, 15) is 4.79 Å². The molecule has 1 amide bonds. The fourth-order valence-corrected chi connectivity index (χ4v) is 1.68. The Morgan fingerprint density at radius 2 is 2.06 bits per heavy atom. The number of benzene rings is 1. The molecule has 4 heteroatoms. The molecule has 90 valence electrons. The number of amides is 1. The van der Waals surface area contributed by atoms with Crippen LogP contribution < -0.4 is 5.32 Å². The quantitative estimate of drug-likeness (QED) is 0.891. The van der Waals surface area contributed by atoms with E-state index in [1.165, 1.54) is 0 Å². The second-order valence-electron chi connectivity index (χ2n) is 4.10. The number of hydrogen-bond donors (Lipinski definition) is 1. The highest BCUT2D eigenvalue weighted by atomic mass is 16.1. The summed E-state index contributed by atoms with van der Waals surface area (Å²) in [7, 11) is 1.92. The van der Waals surface area contributed by atoms with Gasteiger partial charge in [0.2, 0.25) is 5.91 Å². The van der Waals surface area contributed by atoms with Gasteiger partial charge in [-0.25, -0.2) is 0 Å². The molecule has 0 unspecified atom stereocenters. The minimum atomic E-state index is -0.0640. The molecule has 4 nitrogen and oxygen atoms in total. The third-order valence-corrected chi connectivity index (χ3v) is 2.56. The predicted octanol–water partition coefficient (Wildman–Crippen LogP) is 2.08. The lowest BCUT2D eigenvalue weighted by atomic mass is 10.2. The molecule has 1 heterocycles. The first kappa shape index (κ1) is 11.9. The van der Waals surface area contributed by atoms with Crippen LogP contribution in [0.25, 0.3) is 0 Å². The number of anilines is 1. The highest BCUT2D eigenvalue weighted by Gasteiger charge is 2.04. The summed E-state index contributed by atoms with van der Waals surface area (Å²) in [5, 5.41) is 11.5. The van der Waals surface area contributed by atoms with Gasteiger partial charge in [-0.05, 0) is 35.9 Å². The Morgan fingerprint density at radius 3 is 2.61 bits per heavy atom. The Kier molecular flexibility index (Phi) is 3.44. The lowest BCUT2D eigenvalue weighted by molar-refractivity contribution is -0.115. The maximum atomic E-state index is 11.8. The number of nitriles is 1. The average Bonchev–Trinajstić information content (AvgIpc) is 2.75. The van der Waals surface area contributed by atoms with Gasteiger partial charge in [-0.15, -0.1) is 0 Å². The maximum Gasteiger partial charge on any atom is 0.228 e. The molecule has 0 aliphatic rings. The third-order valence-electron chi connectivity index (χ3n) is 2.56. The molecule has 2 aromatic rings. The molecule has 0 saturated carbocycles. The van der Waals surface area contributed by atoms with Crippen molar-refractivity contribution >= 4 is 11.6 Å². The monoisotopic (exact) mass is 239 g/mol. The van der Waals surface area contributed by atoms with E-state index >= 15 is 0 Å². The van der Waals surface area contributed by atoms with Gasteiger partial charge in [0, 0.05) is 25.1 Å². The lowest BCUT2D eigenvalue weighted by Crippen LogP contribution is -2.13. The molecule has 0 aliphatic carbocycles. The minimum Gasteiger partial charge on any atom is -0.357 e. The highest BCUT2D eigenvalue weighted by Crippen LogP contribution is 2.10. The van der Waals surface area contributed by atoms with Crippen molar-refractivity contribution in [2.45, 2.75) is 6.42 Å². The zero-order chi connectivity index (χ0) is 13.0. The Bertz CT molecular complexity index is 590. The zero-order valence-corrected chi connectivity index (χ0v) is 10.1. The first-order valence-corrected chi connectivity index (χ1v) is 5.58. The van der Waals surface area contributed by atoms with E-state index in [0.717, 1.165) is 5.56 Å². The summed E-state index contributed by atoms with van der Waals surface area (Å²) in [5.74, 6) is -0.0640. The van der Waals surface area contributed by atoms with Gasteiger partial charge >= 0.3 is 0 Å². The molecule has 2 rings (SSSR count). The van der Waals surface area contributed by atoms with Crippen LogP contribution in [0, 0.1) is 11.3 Å². The van der Waals surface area contributed by atoms with Crippen molar-refractivity contribution in [1.82, 2.24) is 4.57 Å². The zero-order valence-electron chi connectivity index (χ0n) is 10.1. The van der Waals surface area contributed by atoms with Crippen LogP contribution in [-0.2, 0) is 18.3 Å². The fourth-order valence-electron chi connectivity index (χ4n) is 1.68. The smallest absolute Gasteiger partial charge is 0.228 e. The van der Waals surface area contributed by atoms with Gasteiger partial charge in [-0.3, -0.25) is 4.79 Å². The molecule has 0 bridgehead atoms. The summed E-state index contributed by atoms with van der Waals surface area (Å²) < 4.78 is 1.91. The number of hydrogen-bond acceptors (Lipinski definition) is 2. The molecule has 0 aliphatic heterocycles. The summed E-state index contributed by atoms with van der Waals surface area (Å²) in [6.45, 7) is 0. The molecule has 0 saturated heterocycles. The second-order valence-corrected chi connectivity index (χ2v) is 4.10. The molecule has 18 heavy (non-hydrogen) atoms. The Hall–Kier alpha value is -2.54. The SMILES string of the molecule is Cn1ccc(CC(=O)Nc2ccc(C#N)cc2)c1. The number of aromatic nitrogens is 1. The van der Waals surface area contributed by atoms with Crippen LogP contribution in [0.15, 0.2) is 42.7 Å². The van der Waals surface area contributed by atoms with Crippen LogP contribution in [0.1, 0.15) is 11.1 Å². The highest BCUT2D eigenvalue weighted by molar-refractivity contribution is 5.92. The van der Waals surface area contributed by atoms with Gasteiger partial charge in [0.25, 0.3) is 0 Å². The minimum absolute atomic E-state index is 0.0640.